The number of rotatable bonds is 7. The molecule has 1 aromatic carbocycles. The van der Waals surface area contributed by atoms with Crippen LogP contribution in [-0.2, 0) is 0 Å². The van der Waals surface area contributed by atoms with Crippen LogP contribution in [0.2, 0.25) is 0 Å². The van der Waals surface area contributed by atoms with E-state index in [0.29, 0.717) is 13.0 Å². The summed E-state index contributed by atoms with van der Waals surface area (Å²) in [5.74, 6) is 0.839. The van der Waals surface area contributed by atoms with Crippen molar-refractivity contribution in [3.8, 4) is 0 Å². The van der Waals surface area contributed by atoms with Crippen molar-refractivity contribution >= 4 is 17.8 Å². The van der Waals surface area contributed by atoms with Crippen LogP contribution in [0.15, 0.2) is 35.2 Å². The van der Waals surface area contributed by atoms with Crippen LogP contribution in [0.3, 0.4) is 0 Å². The first-order valence-electron chi connectivity index (χ1n) is 6.05. The fourth-order valence-electron chi connectivity index (χ4n) is 1.39. The summed E-state index contributed by atoms with van der Waals surface area (Å²) < 4.78 is 0. The van der Waals surface area contributed by atoms with Gasteiger partial charge in [0.25, 0.3) is 0 Å². The number of aliphatic hydroxyl groups is 1. The molecule has 0 unspecified atom stereocenters. The van der Waals surface area contributed by atoms with E-state index < -0.39 is 0 Å². The van der Waals surface area contributed by atoms with Gasteiger partial charge in [-0.2, -0.15) is 0 Å². The highest BCUT2D eigenvalue weighted by Gasteiger charge is 2.05. The van der Waals surface area contributed by atoms with Gasteiger partial charge in [0.15, 0.2) is 0 Å². The van der Waals surface area contributed by atoms with Gasteiger partial charge in [-0.3, -0.25) is 0 Å². The van der Waals surface area contributed by atoms with Gasteiger partial charge in [-0.15, -0.1) is 11.8 Å². The fraction of sp³-hybridized carbons (Fsp3) is 0.462. The Morgan fingerprint density at radius 1 is 1.39 bits per heavy atom. The van der Waals surface area contributed by atoms with Crippen LogP contribution in [0.25, 0.3) is 0 Å². The maximum atomic E-state index is 11.4. The summed E-state index contributed by atoms with van der Waals surface area (Å²) >= 11 is 1.71. The number of nitrogens with one attached hydrogen (secondary N) is 2. The third-order valence-electron chi connectivity index (χ3n) is 2.34. The molecule has 100 valence electrons. The second-order valence-electron chi connectivity index (χ2n) is 3.98. The van der Waals surface area contributed by atoms with Gasteiger partial charge in [0.1, 0.15) is 0 Å². The minimum absolute atomic E-state index is 0.00298. The van der Waals surface area contributed by atoms with Gasteiger partial charge >= 0.3 is 6.03 Å². The van der Waals surface area contributed by atoms with Crippen molar-refractivity contribution in [3.63, 3.8) is 0 Å². The first-order chi connectivity index (χ1) is 8.72. The minimum Gasteiger partial charge on any atom is -0.396 e. The smallest absolute Gasteiger partial charge is 0.315 e. The summed E-state index contributed by atoms with van der Waals surface area (Å²) in [6, 6.07) is 9.90. The predicted octanol–water partition coefficient (Wildman–Crippen LogP) is 1.85. The maximum absolute atomic E-state index is 11.4. The molecular formula is C13H20N2O2S. The topological polar surface area (TPSA) is 61.4 Å². The van der Waals surface area contributed by atoms with Crippen molar-refractivity contribution in [1.29, 1.82) is 0 Å². The van der Waals surface area contributed by atoms with Gasteiger partial charge in [0, 0.05) is 29.8 Å². The largest absolute Gasteiger partial charge is 0.396 e. The molecule has 0 saturated carbocycles. The molecule has 4 nitrogen and oxygen atoms in total. The summed E-state index contributed by atoms with van der Waals surface area (Å²) in [6.45, 7) is 2.58. The number of amides is 2. The van der Waals surface area contributed by atoms with Crippen molar-refractivity contribution in [2.24, 2.45) is 0 Å². The number of thioether (sulfide) groups is 1. The van der Waals surface area contributed by atoms with E-state index in [4.69, 9.17) is 5.11 Å². The lowest BCUT2D eigenvalue weighted by atomic mass is 10.2. The van der Waals surface area contributed by atoms with Crippen LogP contribution < -0.4 is 10.6 Å². The summed E-state index contributed by atoms with van der Waals surface area (Å²) in [5, 5.41) is 14.3. The van der Waals surface area contributed by atoms with E-state index in [0.717, 1.165) is 5.75 Å². The van der Waals surface area contributed by atoms with Gasteiger partial charge in [0.05, 0.1) is 0 Å². The zero-order valence-corrected chi connectivity index (χ0v) is 11.4. The molecule has 0 aromatic heterocycles. The molecule has 3 N–H and O–H groups in total. The summed E-state index contributed by atoms with van der Waals surface area (Å²) in [4.78, 5) is 12.6. The van der Waals surface area contributed by atoms with Gasteiger partial charge in [0.2, 0.25) is 0 Å². The minimum atomic E-state index is -0.176. The van der Waals surface area contributed by atoms with Crippen LogP contribution in [-0.4, -0.2) is 36.1 Å². The van der Waals surface area contributed by atoms with Crippen LogP contribution in [0.4, 0.5) is 4.79 Å². The number of carbonyl (C=O) groups excluding carboxylic acids is 1. The van der Waals surface area contributed by atoms with Gasteiger partial charge < -0.3 is 15.7 Å². The monoisotopic (exact) mass is 268 g/mol. The average molecular weight is 268 g/mol. The molecule has 18 heavy (non-hydrogen) atoms. The number of benzene rings is 1. The highest BCUT2D eigenvalue weighted by Crippen LogP contribution is 2.15. The van der Waals surface area contributed by atoms with Crippen molar-refractivity contribution < 1.29 is 9.90 Å². The summed E-state index contributed by atoms with van der Waals surface area (Å²) in [5.41, 5.74) is 0. The lowest BCUT2D eigenvalue weighted by Crippen LogP contribution is -2.41. The molecule has 0 spiro atoms. The zero-order valence-electron chi connectivity index (χ0n) is 10.6. The molecule has 0 aliphatic carbocycles. The number of urea groups is 1. The zero-order chi connectivity index (χ0) is 13.2. The second kappa shape index (κ2) is 8.83. The Hall–Kier alpha value is -1.20. The molecule has 1 rings (SSSR count). The molecule has 2 amide bonds. The summed E-state index contributed by atoms with van der Waals surface area (Å²) in [6.07, 6.45) is 0.576. The SMILES string of the molecule is C[C@H](CCO)NC(=O)NCCSc1ccccc1. The molecule has 0 heterocycles. The van der Waals surface area contributed by atoms with Crippen molar-refractivity contribution in [3.05, 3.63) is 30.3 Å². The van der Waals surface area contributed by atoms with E-state index >= 15 is 0 Å². The first-order valence-corrected chi connectivity index (χ1v) is 7.04. The molecule has 0 saturated heterocycles. The fourth-order valence-corrected chi connectivity index (χ4v) is 2.18. The Labute approximate surface area is 112 Å². The lowest BCUT2D eigenvalue weighted by Gasteiger charge is -2.13. The lowest BCUT2D eigenvalue weighted by molar-refractivity contribution is 0.231. The van der Waals surface area contributed by atoms with Gasteiger partial charge in [-0.05, 0) is 25.5 Å². The van der Waals surface area contributed by atoms with E-state index in [-0.39, 0.29) is 18.7 Å². The quantitative estimate of drug-likeness (QED) is 0.522. The third kappa shape index (κ3) is 6.51. The standard InChI is InChI=1S/C13H20N2O2S/c1-11(7-9-16)15-13(17)14-8-10-18-12-5-3-2-4-6-12/h2-6,11,16H,7-10H2,1H3,(H2,14,15,17)/t11-/m1/s1. The van der Waals surface area contributed by atoms with E-state index in [9.17, 15) is 4.79 Å². The van der Waals surface area contributed by atoms with Crippen molar-refractivity contribution in [2.75, 3.05) is 18.9 Å². The Morgan fingerprint density at radius 3 is 2.78 bits per heavy atom. The number of aliphatic hydroxyl groups excluding tert-OH is 1. The second-order valence-corrected chi connectivity index (χ2v) is 5.14. The molecular weight excluding hydrogens is 248 g/mol. The normalized spacial score (nSPS) is 11.9. The number of hydrogen-bond acceptors (Lipinski definition) is 3. The Balaban J connectivity index is 2.09. The van der Waals surface area contributed by atoms with E-state index in [1.807, 2.05) is 37.3 Å². The first kappa shape index (κ1) is 14.9. The summed E-state index contributed by atoms with van der Waals surface area (Å²) in [7, 11) is 0. The van der Waals surface area contributed by atoms with Gasteiger partial charge in [-0.25, -0.2) is 4.79 Å². The average Bonchev–Trinajstić information content (AvgIpc) is 2.36. The van der Waals surface area contributed by atoms with E-state index in [1.54, 1.807) is 11.8 Å². The molecule has 0 bridgehead atoms. The van der Waals surface area contributed by atoms with Crippen LogP contribution in [0.5, 0.6) is 0 Å². The predicted molar refractivity (Wildman–Crippen MR) is 74.9 cm³/mol. The molecule has 0 radical (unpaired) electrons. The highest BCUT2D eigenvalue weighted by atomic mass is 32.2. The number of hydrogen-bond donors (Lipinski definition) is 3. The number of carbonyl (C=O) groups is 1. The highest BCUT2D eigenvalue weighted by molar-refractivity contribution is 7.99. The van der Waals surface area contributed by atoms with Crippen molar-refractivity contribution in [2.45, 2.75) is 24.3 Å². The van der Waals surface area contributed by atoms with Crippen LogP contribution in [0.1, 0.15) is 13.3 Å². The molecule has 5 heteroatoms. The molecule has 0 aliphatic rings. The Morgan fingerprint density at radius 2 is 2.11 bits per heavy atom. The van der Waals surface area contributed by atoms with Gasteiger partial charge in [-0.1, -0.05) is 18.2 Å². The molecule has 0 aliphatic heterocycles. The van der Waals surface area contributed by atoms with E-state index in [1.165, 1.54) is 4.90 Å². The van der Waals surface area contributed by atoms with E-state index in [2.05, 4.69) is 10.6 Å². The molecule has 1 aromatic rings. The Kier molecular flexibility index (Phi) is 7.29. The van der Waals surface area contributed by atoms with Crippen LogP contribution in [0, 0.1) is 0 Å². The van der Waals surface area contributed by atoms with Crippen LogP contribution >= 0.6 is 11.8 Å². The molecule has 0 fully saturated rings. The maximum Gasteiger partial charge on any atom is 0.315 e. The Bertz CT molecular complexity index is 346. The third-order valence-corrected chi connectivity index (χ3v) is 3.35. The van der Waals surface area contributed by atoms with Crippen molar-refractivity contribution in [1.82, 2.24) is 10.6 Å². The molecule has 1 atom stereocenters.